The van der Waals surface area contributed by atoms with Crippen molar-refractivity contribution in [1.82, 2.24) is 4.90 Å². The SMILES string of the molecule is O=C(Cc1ccccc1O)N1CCC(CCl)C1. The van der Waals surface area contributed by atoms with Crippen LogP contribution in [0.3, 0.4) is 0 Å². The standard InChI is InChI=1S/C13H16ClNO2/c14-8-10-5-6-15(9-10)13(17)7-11-3-1-2-4-12(11)16/h1-4,10,16H,5-9H2. The van der Waals surface area contributed by atoms with Gasteiger partial charge < -0.3 is 10.0 Å². The molecule has 17 heavy (non-hydrogen) atoms. The van der Waals surface area contributed by atoms with Gasteiger partial charge in [-0.2, -0.15) is 0 Å². The van der Waals surface area contributed by atoms with E-state index in [9.17, 15) is 9.90 Å². The van der Waals surface area contributed by atoms with E-state index < -0.39 is 0 Å². The minimum Gasteiger partial charge on any atom is -0.508 e. The maximum atomic E-state index is 12.0. The fraction of sp³-hybridized carbons (Fsp3) is 0.462. The molecule has 1 aromatic carbocycles. The van der Waals surface area contributed by atoms with Crippen LogP contribution in [0.4, 0.5) is 0 Å². The summed E-state index contributed by atoms with van der Waals surface area (Å²) >= 11 is 5.79. The molecular formula is C13H16ClNO2. The molecule has 1 aliphatic rings. The molecule has 1 saturated heterocycles. The highest BCUT2D eigenvalue weighted by Crippen LogP contribution is 2.21. The zero-order valence-electron chi connectivity index (χ0n) is 9.60. The van der Waals surface area contributed by atoms with Crippen LogP contribution in [0.15, 0.2) is 24.3 Å². The molecule has 1 amide bonds. The number of rotatable bonds is 3. The Morgan fingerprint density at radius 3 is 2.88 bits per heavy atom. The molecule has 3 nitrogen and oxygen atoms in total. The van der Waals surface area contributed by atoms with Crippen LogP contribution in [0.5, 0.6) is 5.75 Å². The van der Waals surface area contributed by atoms with E-state index in [4.69, 9.17) is 11.6 Å². The number of aromatic hydroxyl groups is 1. The number of alkyl halides is 1. The van der Waals surface area contributed by atoms with Crippen LogP contribution >= 0.6 is 11.6 Å². The number of hydrogen-bond donors (Lipinski definition) is 1. The second-order valence-corrected chi connectivity index (χ2v) is 4.76. The van der Waals surface area contributed by atoms with Crippen molar-refractivity contribution in [2.24, 2.45) is 5.92 Å². The van der Waals surface area contributed by atoms with Gasteiger partial charge in [0, 0.05) is 24.5 Å². The van der Waals surface area contributed by atoms with E-state index in [-0.39, 0.29) is 18.1 Å². The third-order valence-corrected chi connectivity index (χ3v) is 3.63. The van der Waals surface area contributed by atoms with E-state index in [0.29, 0.717) is 17.4 Å². The molecule has 0 aromatic heterocycles. The van der Waals surface area contributed by atoms with Crippen molar-refractivity contribution in [2.45, 2.75) is 12.8 Å². The molecule has 1 N–H and O–H groups in total. The molecule has 0 spiro atoms. The lowest BCUT2D eigenvalue weighted by Gasteiger charge is -2.16. The lowest BCUT2D eigenvalue weighted by Crippen LogP contribution is -2.30. The van der Waals surface area contributed by atoms with Crippen LogP contribution in [0, 0.1) is 5.92 Å². The second kappa shape index (κ2) is 5.41. The number of phenolic OH excluding ortho intramolecular Hbond substituents is 1. The smallest absolute Gasteiger partial charge is 0.227 e. The highest BCUT2D eigenvalue weighted by Gasteiger charge is 2.25. The van der Waals surface area contributed by atoms with E-state index >= 15 is 0 Å². The molecule has 1 unspecified atom stereocenters. The van der Waals surface area contributed by atoms with Crippen molar-refractivity contribution in [2.75, 3.05) is 19.0 Å². The van der Waals surface area contributed by atoms with Gasteiger partial charge in [-0.25, -0.2) is 0 Å². The summed E-state index contributed by atoms with van der Waals surface area (Å²) in [5.41, 5.74) is 0.687. The Balaban J connectivity index is 1.96. The average Bonchev–Trinajstić information content (AvgIpc) is 2.81. The Morgan fingerprint density at radius 1 is 1.47 bits per heavy atom. The average molecular weight is 254 g/mol. The van der Waals surface area contributed by atoms with Crippen LogP contribution in [0.1, 0.15) is 12.0 Å². The number of hydrogen-bond acceptors (Lipinski definition) is 2. The number of amides is 1. The molecule has 1 heterocycles. The fourth-order valence-electron chi connectivity index (χ4n) is 2.12. The fourth-order valence-corrected chi connectivity index (χ4v) is 2.37. The minimum atomic E-state index is 0.0686. The largest absolute Gasteiger partial charge is 0.508 e. The van der Waals surface area contributed by atoms with E-state index in [1.54, 1.807) is 18.2 Å². The van der Waals surface area contributed by atoms with Crippen molar-refractivity contribution in [1.29, 1.82) is 0 Å². The van der Waals surface area contributed by atoms with Crippen LogP contribution in [-0.4, -0.2) is 34.9 Å². The zero-order valence-corrected chi connectivity index (χ0v) is 10.4. The summed E-state index contributed by atoms with van der Waals surface area (Å²) in [4.78, 5) is 13.8. The maximum absolute atomic E-state index is 12.0. The van der Waals surface area contributed by atoms with Crippen LogP contribution < -0.4 is 0 Å². The lowest BCUT2D eigenvalue weighted by molar-refractivity contribution is -0.129. The summed E-state index contributed by atoms with van der Waals surface area (Å²) in [6.07, 6.45) is 1.25. The zero-order chi connectivity index (χ0) is 12.3. The lowest BCUT2D eigenvalue weighted by atomic mass is 10.1. The molecule has 0 radical (unpaired) electrons. The minimum absolute atomic E-state index is 0.0686. The van der Waals surface area contributed by atoms with E-state index in [1.807, 2.05) is 11.0 Å². The molecule has 1 fully saturated rings. The molecule has 0 bridgehead atoms. The summed E-state index contributed by atoms with van der Waals surface area (Å²) in [5, 5.41) is 9.61. The number of halogens is 1. The molecule has 0 saturated carbocycles. The Bertz CT molecular complexity index is 408. The number of carbonyl (C=O) groups excluding carboxylic acids is 1. The van der Waals surface area contributed by atoms with Gasteiger partial charge >= 0.3 is 0 Å². The molecular weight excluding hydrogens is 238 g/mol. The van der Waals surface area contributed by atoms with Crippen molar-refractivity contribution < 1.29 is 9.90 Å². The van der Waals surface area contributed by atoms with Gasteiger partial charge in [0.2, 0.25) is 5.91 Å². The molecule has 92 valence electrons. The monoisotopic (exact) mass is 253 g/mol. The van der Waals surface area contributed by atoms with Gasteiger partial charge in [-0.15, -0.1) is 11.6 Å². The first-order chi connectivity index (χ1) is 8.20. The van der Waals surface area contributed by atoms with Crippen LogP contribution in [-0.2, 0) is 11.2 Å². The van der Waals surface area contributed by atoms with Crippen molar-refractivity contribution in [3.63, 3.8) is 0 Å². The Morgan fingerprint density at radius 2 is 2.24 bits per heavy atom. The van der Waals surface area contributed by atoms with Gasteiger partial charge in [-0.1, -0.05) is 18.2 Å². The Labute approximate surface area is 106 Å². The number of phenols is 1. The van der Waals surface area contributed by atoms with Crippen molar-refractivity contribution >= 4 is 17.5 Å². The number of likely N-dealkylation sites (tertiary alicyclic amines) is 1. The van der Waals surface area contributed by atoms with Crippen molar-refractivity contribution in [3.8, 4) is 5.75 Å². The van der Waals surface area contributed by atoms with E-state index in [1.165, 1.54) is 0 Å². The summed E-state index contributed by atoms with van der Waals surface area (Å²) in [7, 11) is 0. The summed E-state index contributed by atoms with van der Waals surface area (Å²) in [5.74, 6) is 1.29. The van der Waals surface area contributed by atoms with E-state index in [0.717, 1.165) is 19.5 Å². The molecule has 1 aliphatic heterocycles. The Hall–Kier alpha value is -1.22. The van der Waals surface area contributed by atoms with Gasteiger partial charge in [0.25, 0.3) is 0 Å². The van der Waals surface area contributed by atoms with Gasteiger partial charge in [0.05, 0.1) is 6.42 Å². The second-order valence-electron chi connectivity index (χ2n) is 4.45. The highest BCUT2D eigenvalue weighted by atomic mass is 35.5. The third kappa shape index (κ3) is 2.91. The highest BCUT2D eigenvalue weighted by molar-refractivity contribution is 6.18. The first-order valence-corrected chi connectivity index (χ1v) is 6.34. The predicted molar refractivity (Wildman–Crippen MR) is 67.2 cm³/mol. The van der Waals surface area contributed by atoms with Gasteiger partial charge in [0.15, 0.2) is 0 Å². The summed E-state index contributed by atoms with van der Waals surface area (Å²) < 4.78 is 0. The molecule has 0 aliphatic carbocycles. The first-order valence-electron chi connectivity index (χ1n) is 5.81. The predicted octanol–water partition coefficient (Wildman–Crippen LogP) is 2.02. The quantitative estimate of drug-likeness (QED) is 0.838. The van der Waals surface area contributed by atoms with Crippen LogP contribution in [0.25, 0.3) is 0 Å². The number of para-hydroxylation sites is 1. The number of benzene rings is 1. The van der Waals surface area contributed by atoms with E-state index in [2.05, 4.69) is 0 Å². The topological polar surface area (TPSA) is 40.5 Å². The third-order valence-electron chi connectivity index (χ3n) is 3.19. The van der Waals surface area contributed by atoms with Gasteiger partial charge in [-0.3, -0.25) is 4.79 Å². The van der Waals surface area contributed by atoms with Gasteiger partial charge in [-0.05, 0) is 18.4 Å². The summed E-state index contributed by atoms with van der Waals surface area (Å²) in [6, 6.07) is 6.97. The molecule has 1 atom stereocenters. The first kappa shape index (κ1) is 12.2. The van der Waals surface area contributed by atoms with Crippen molar-refractivity contribution in [3.05, 3.63) is 29.8 Å². The van der Waals surface area contributed by atoms with Gasteiger partial charge in [0.1, 0.15) is 5.75 Å². The number of carbonyl (C=O) groups is 1. The van der Waals surface area contributed by atoms with Crippen LogP contribution in [0.2, 0.25) is 0 Å². The molecule has 4 heteroatoms. The maximum Gasteiger partial charge on any atom is 0.227 e. The Kier molecular flexibility index (Phi) is 3.89. The molecule has 2 rings (SSSR count). The molecule has 1 aromatic rings. The normalized spacial score (nSPS) is 19.6. The summed E-state index contributed by atoms with van der Waals surface area (Å²) in [6.45, 7) is 1.53. The number of nitrogens with zero attached hydrogens (tertiary/aromatic N) is 1.